The fourth-order valence-electron chi connectivity index (χ4n) is 4.49. The number of nitrogens with zero attached hydrogens (tertiary/aromatic N) is 1. The van der Waals surface area contributed by atoms with Gasteiger partial charge in [-0.3, -0.25) is 9.59 Å². The second kappa shape index (κ2) is 11.7. The topological polar surface area (TPSA) is 101 Å². The van der Waals surface area contributed by atoms with Gasteiger partial charge in [-0.1, -0.05) is 61.3 Å². The number of hydrogen-bond donors (Lipinski definition) is 1. The summed E-state index contributed by atoms with van der Waals surface area (Å²) in [4.78, 5) is 27.0. The van der Waals surface area contributed by atoms with Crippen LogP contribution in [0.3, 0.4) is 0 Å². The van der Waals surface area contributed by atoms with Gasteiger partial charge in [-0.2, -0.15) is 0 Å². The lowest BCUT2D eigenvalue weighted by molar-refractivity contribution is -0.182. The minimum absolute atomic E-state index is 0.262. The van der Waals surface area contributed by atoms with Gasteiger partial charge in [-0.05, 0) is 62.1 Å². The monoisotopic (exact) mass is 569 g/mol. The van der Waals surface area contributed by atoms with Crippen molar-refractivity contribution in [2.45, 2.75) is 76.0 Å². The number of halogens is 2. The van der Waals surface area contributed by atoms with Crippen LogP contribution in [0.5, 0.6) is 0 Å². The van der Waals surface area contributed by atoms with Crippen molar-refractivity contribution >= 4 is 44.9 Å². The van der Waals surface area contributed by atoms with Crippen molar-refractivity contribution in [1.29, 1.82) is 0 Å². The van der Waals surface area contributed by atoms with Crippen LogP contribution in [0.15, 0.2) is 48.5 Å². The number of aliphatic carboxylic acids is 1. The van der Waals surface area contributed by atoms with E-state index in [2.05, 4.69) is 0 Å². The van der Waals surface area contributed by atoms with E-state index in [4.69, 9.17) is 27.9 Å². The number of carbonyl (C=O) groups is 2. The summed E-state index contributed by atoms with van der Waals surface area (Å²) in [5.41, 5.74) is 1.33. The van der Waals surface area contributed by atoms with Crippen molar-refractivity contribution < 1.29 is 27.9 Å². The van der Waals surface area contributed by atoms with Crippen LogP contribution >= 0.6 is 23.2 Å². The van der Waals surface area contributed by atoms with Crippen molar-refractivity contribution in [1.82, 2.24) is 4.90 Å². The van der Waals surface area contributed by atoms with Gasteiger partial charge < -0.3 is 14.7 Å². The first-order valence-corrected chi connectivity index (χ1v) is 14.6. The molecule has 10 heteroatoms. The van der Waals surface area contributed by atoms with Crippen LogP contribution in [-0.2, 0) is 24.2 Å². The molecule has 1 aliphatic rings. The van der Waals surface area contributed by atoms with E-state index in [0.717, 1.165) is 0 Å². The van der Waals surface area contributed by atoms with Gasteiger partial charge in [0.25, 0.3) is 5.91 Å². The summed E-state index contributed by atoms with van der Waals surface area (Å²) in [5, 5.41) is 10.5. The Balaban J connectivity index is 2.21. The second-order valence-corrected chi connectivity index (χ2v) is 13.4. The zero-order valence-corrected chi connectivity index (χ0v) is 23.7. The number of hydrogen-bond acceptors (Lipinski definition) is 5. The first-order chi connectivity index (χ1) is 17.3. The maximum absolute atomic E-state index is 13.9. The van der Waals surface area contributed by atoms with Gasteiger partial charge in [-0.25, -0.2) is 8.42 Å². The lowest BCUT2D eigenvalue weighted by atomic mass is 9.89. The number of ether oxygens (including phenoxy) is 1. The van der Waals surface area contributed by atoms with E-state index in [1.165, 1.54) is 4.90 Å². The Morgan fingerprint density at radius 1 is 1.08 bits per heavy atom. The predicted octanol–water partition coefficient (Wildman–Crippen LogP) is 5.86. The van der Waals surface area contributed by atoms with Gasteiger partial charge in [0.05, 0.1) is 23.0 Å². The van der Waals surface area contributed by atoms with Crippen LogP contribution in [0.25, 0.3) is 0 Å². The van der Waals surface area contributed by atoms with E-state index < -0.39 is 57.2 Å². The van der Waals surface area contributed by atoms with E-state index in [1.807, 2.05) is 13.8 Å². The first-order valence-electron chi connectivity index (χ1n) is 12.2. The smallest absolute Gasteiger partial charge is 0.306 e. The van der Waals surface area contributed by atoms with Gasteiger partial charge in [0.2, 0.25) is 0 Å². The van der Waals surface area contributed by atoms with Crippen LogP contribution in [0, 0.1) is 0 Å². The van der Waals surface area contributed by atoms with Gasteiger partial charge in [0.1, 0.15) is 12.2 Å². The lowest BCUT2D eigenvalue weighted by Crippen LogP contribution is -2.57. The number of rotatable bonds is 10. The molecule has 0 aliphatic carbocycles. The van der Waals surface area contributed by atoms with E-state index in [9.17, 15) is 23.1 Å². The predicted molar refractivity (Wildman–Crippen MR) is 145 cm³/mol. The zero-order valence-electron chi connectivity index (χ0n) is 21.4. The maximum Gasteiger partial charge on any atom is 0.306 e. The highest BCUT2D eigenvalue weighted by Gasteiger charge is 2.48. The molecule has 4 atom stereocenters. The molecule has 1 fully saturated rings. The molecule has 37 heavy (non-hydrogen) atoms. The summed E-state index contributed by atoms with van der Waals surface area (Å²) in [6.07, 6.45) is -1.88. The largest absolute Gasteiger partial charge is 0.481 e. The molecule has 0 unspecified atom stereocenters. The average Bonchev–Trinajstić information content (AvgIpc) is 2.84. The number of benzene rings is 2. The van der Waals surface area contributed by atoms with Crippen LogP contribution in [0.2, 0.25) is 10.0 Å². The molecule has 1 N–H and O–H groups in total. The number of carbonyl (C=O) groups excluding carboxylic acids is 1. The third-order valence-corrected chi connectivity index (χ3v) is 10.4. The van der Waals surface area contributed by atoms with Crippen molar-refractivity contribution in [2.75, 3.05) is 5.75 Å². The van der Waals surface area contributed by atoms with E-state index in [1.54, 1.807) is 62.4 Å². The molecule has 1 amide bonds. The summed E-state index contributed by atoms with van der Waals surface area (Å²) in [6.45, 7) is 6.98. The average molecular weight is 571 g/mol. The number of amides is 1. The second-order valence-electron chi connectivity index (χ2n) is 9.90. The van der Waals surface area contributed by atoms with Crippen LogP contribution in [0.1, 0.15) is 70.2 Å². The SMILES string of the molecule is CC[C@@H](CS(=O)(=O)C(C)(C)CC)N1C(=O)[C@@H](CC(=O)O)O[C@H](c2cccc(Cl)c2)[C@H]1c1ccc(Cl)cc1. The highest BCUT2D eigenvalue weighted by molar-refractivity contribution is 7.92. The highest BCUT2D eigenvalue weighted by Crippen LogP contribution is 2.45. The number of carboxylic acid groups (broad SMARTS) is 1. The summed E-state index contributed by atoms with van der Waals surface area (Å²) < 4.78 is 32.1. The molecule has 2 aromatic carbocycles. The molecule has 1 heterocycles. The zero-order chi connectivity index (χ0) is 27.5. The van der Waals surface area contributed by atoms with Crippen molar-refractivity contribution in [3.05, 3.63) is 69.7 Å². The number of morpholine rings is 1. The van der Waals surface area contributed by atoms with Gasteiger partial charge in [0, 0.05) is 16.1 Å². The first kappa shape index (κ1) is 29.4. The Kier molecular flexibility index (Phi) is 9.32. The molecule has 1 saturated heterocycles. The quantitative estimate of drug-likeness (QED) is 0.384. The molecular formula is C27H33Cl2NO6S. The Labute approximate surface area is 228 Å². The number of sulfone groups is 1. The Hall–Kier alpha value is -2.13. The fraction of sp³-hybridized carbons (Fsp3) is 0.481. The van der Waals surface area contributed by atoms with Crippen LogP contribution in [-0.4, -0.2) is 52.9 Å². The van der Waals surface area contributed by atoms with E-state index in [-0.39, 0.29) is 5.75 Å². The van der Waals surface area contributed by atoms with Crippen LogP contribution in [0.4, 0.5) is 0 Å². The molecule has 1 aliphatic heterocycles. The Bertz CT molecular complexity index is 1230. The molecule has 2 aromatic rings. The van der Waals surface area contributed by atoms with E-state index in [0.29, 0.717) is 34.0 Å². The maximum atomic E-state index is 13.9. The summed E-state index contributed by atoms with van der Waals surface area (Å²) in [6, 6.07) is 12.4. The molecule has 0 aromatic heterocycles. The standard InChI is InChI=1S/C27H33Cl2NO6S/c1-5-21(16-37(34,35)27(3,4)6-2)30-24(17-10-12-19(28)13-11-17)25(18-8-7-9-20(29)14-18)36-22(26(30)33)15-23(31)32/h7-14,21-22,24-25H,5-6,15-16H2,1-4H3,(H,31,32)/t21-,22+,24+,25+/m0/s1. The van der Waals surface area contributed by atoms with Gasteiger partial charge in [-0.15, -0.1) is 0 Å². The molecule has 0 saturated carbocycles. The summed E-state index contributed by atoms with van der Waals surface area (Å²) in [7, 11) is -3.63. The Morgan fingerprint density at radius 3 is 2.27 bits per heavy atom. The third-order valence-electron chi connectivity index (χ3n) is 7.15. The van der Waals surface area contributed by atoms with Gasteiger partial charge >= 0.3 is 5.97 Å². The molecule has 3 rings (SSSR count). The minimum atomic E-state index is -3.63. The van der Waals surface area contributed by atoms with Crippen molar-refractivity contribution in [3.8, 4) is 0 Å². The normalized spacial score (nSPS) is 21.6. The number of carboxylic acids is 1. The molecule has 0 spiro atoms. The minimum Gasteiger partial charge on any atom is -0.481 e. The molecule has 0 radical (unpaired) electrons. The summed E-state index contributed by atoms with van der Waals surface area (Å²) >= 11 is 12.4. The Morgan fingerprint density at radius 2 is 1.73 bits per heavy atom. The molecular weight excluding hydrogens is 537 g/mol. The molecule has 0 bridgehead atoms. The highest BCUT2D eigenvalue weighted by atomic mass is 35.5. The van der Waals surface area contributed by atoms with Crippen LogP contribution < -0.4 is 0 Å². The van der Waals surface area contributed by atoms with Gasteiger partial charge in [0.15, 0.2) is 9.84 Å². The fourth-order valence-corrected chi connectivity index (χ4v) is 6.61. The van der Waals surface area contributed by atoms with Crippen molar-refractivity contribution in [2.24, 2.45) is 0 Å². The van der Waals surface area contributed by atoms with Crippen molar-refractivity contribution in [3.63, 3.8) is 0 Å². The molecule has 7 nitrogen and oxygen atoms in total. The molecule has 202 valence electrons. The lowest BCUT2D eigenvalue weighted by Gasteiger charge is -2.48. The third kappa shape index (κ3) is 6.48. The van der Waals surface area contributed by atoms with E-state index >= 15 is 0 Å². The summed E-state index contributed by atoms with van der Waals surface area (Å²) in [5.74, 6) is -2.01.